The number of hydrogen-bond acceptors (Lipinski definition) is 5. The minimum atomic E-state index is -0.133. The van der Waals surface area contributed by atoms with Crippen molar-refractivity contribution in [3.8, 4) is 17.2 Å². The molecule has 3 aromatic carbocycles. The van der Waals surface area contributed by atoms with Gasteiger partial charge in [-0.25, -0.2) is 0 Å². The lowest BCUT2D eigenvalue weighted by atomic mass is 10.1. The van der Waals surface area contributed by atoms with Crippen molar-refractivity contribution in [2.75, 3.05) is 27.4 Å². The number of aromatic nitrogens is 1. The summed E-state index contributed by atoms with van der Waals surface area (Å²) in [7, 11) is 3.23. The number of ether oxygens (including phenoxy) is 3. The molecule has 0 atom stereocenters. The van der Waals surface area contributed by atoms with Crippen LogP contribution in [0, 0.1) is 0 Å². The third-order valence-corrected chi connectivity index (χ3v) is 6.19. The number of methoxy groups -OCH3 is 2. The van der Waals surface area contributed by atoms with Crippen LogP contribution in [0.25, 0.3) is 10.9 Å². The number of carbonyl (C=O) groups is 1. The Morgan fingerprint density at radius 1 is 0.865 bits per heavy atom. The fourth-order valence-corrected chi connectivity index (χ4v) is 4.19. The number of hydrogen-bond donors (Lipinski definition) is 1. The third kappa shape index (κ3) is 7.13. The molecule has 0 aliphatic carbocycles. The van der Waals surface area contributed by atoms with Gasteiger partial charge in [0.2, 0.25) is 11.5 Å². The highest BCUT2D eigenvalue weighted by atomic mass is 16.5. The predicted octanol–water partition coefficient (Wildman–Crippen LogP) is 4.98. The molecule has 7 nitrogen and oxygen atoms in total. The number of nitrogens with one attached hydrogen (secondary N) is 1. The van der Waals surface area contributed by atoms with Crippen LogP contribution in [-0.4, -0.2) is 43.2 Å². The molecule has 37 heavy (non-hydrogen) atoms. The fraction of sp³-hybridized carbons (Fsp3) is 0.267. The molecule has 192 valence electrons. The van der Waals surface area contributed by atoms with Crippen LogP contribution in [0.2, 0.25) is 0 Å². The van der Waals surface area contributed by atoms with E-state index in [1.807, 2.05) is 71.6 Å². The van der Waals surface area contributed by atoms with Crippen molar-refractivity contribution in [2.24, 2.45) is 0 Å². The molecule has 4 aromatic rings. The quantitative estimate of drug-likeness (QED) is 0.278. The minimum absolute atomic E-state index is 0.0871. The van der Waals surface area contributed by atoms with Gasteiger partial charge in [-0.15, -0.1) is 0 Å². The van der Waals surface area contributed by atoms with Crippen molar-refractivity contribution < 1.29 is 19.0 Å². The standard InChI is InChI=1S/C30H32N2O5/c1-35-27-14-10-22(19-28(27)36-2)16-17-32(21-23-7-4-3-5-8-23)30(34)9-6-18-37-25-12-13-26-24(20-25)11-15-29(33)31-26/h3-5,7-8,10-15,19-20H,6,9,16-18,21H2,1-2H3,(H,31,33). The van der Waals surface area contributed by atoms with E-state index in [9.17, 15) is 9.59 Å². The van der Waals surface area contributed by atoms with Gasteiger partial charge in [0.15, 0.2) is 11.5 Å². The van der Waals surface area contributed by atoms with E-state index < -0.39 is 0 Å². The molecule has 0 saturated carbocycles. The van der Waals surface area contributed by atoms with E-state index in [0.29, 0.717) is 56.2 Å². The fourth-order valence-electron chi connectivity index (χ4n) is 4.19. The van der Waals surface area contributed by atoms with Crippen molar-refractivity contribution in [1.29, 1.82) is 0 Å². The average Bonchev–Trinajstić information content (AvgIpc) is 2.93. The zero-order valence-corrected chi connectivity index (χ0v) is 21.2. The number of carbonyl (C=O) groups excluding carboxylic acids is 1. The van der Waals surface area contributed by atoms with Crippen LogP contribution >= 0.6 is 0 Å². The Labute approximate surface area is 216 Å². The topological polar surface area (TPSA) is 80.9 Å². The van der Waals surface area contributed by atoms with Crippen LogP contribution in [0.5, 0.6) is 17.2 Å². The van der Waals surface area contributed by atoms with Crippen molar-refractivity contribution in [2.45, 2.75) is 25.8 Å². The van der Waals surface area contributed by atoms with Gasteiger partial charge >= 0.3 is 0 Å². The summed E-state index contributed by atoms with van der Waals surface area (Å²) in [4.78, 5) is 29.4. The summed E-state index contributed by atoms with van der Waals surface area (Å²) in [5.41, 5.74) is 2.80. The summed E-state index contributed by atoms with van der Waals surface area (Å²) in [6.07, 6.45) is 1.69. The maximum atomic E-state index is 13.2. The summed E-state index contributed by atoms with van der Waals surface area (Å²) in [6, 6.07) is 24.7. The zero-order chi connectivity index (χ0) is 26.0. The number of aromatic amines is 1. The smallest absolute Gasteiger partial charge is 0.248 e. The number of fused-ring (bicyclic) bond motifs is 1. The highest BCUT2D eigenvalue weighted by molar-refractivity contribution is 5.79. The van der Waals surface area contributed by atoms with E-state index in [0.717, 1.165) is 22.0 Å². The SMILES string of the molecule is COc1ccc(CCN(Cc2ccccc2)C(=O)CCCOc2ccc3[nH]c(=O)ccc3c2)cc1OC. The monoisotopic (exact) mass is 500 g/mol. The minimum Gasteiger partial charge on any atom is -0.494 e. The molecule has 0 bridgehead atoms. The molecule has 0 saturated heterocycles. The van der Waals surface area contributed by atoms with E-state index in [-0.39, 0.29) is 11.5 Å². The Balaban J connectivity index is 1.35. The van der Waals surface area contributed by atoms with Crippen LogP contribution in [0.4, 0.5) is 0 Å². The first-order chi connectivity index (χ1) is 18.1. The molecule has 0 aliphatic rings. The summed E-state index contributed by atoms with van der Waals surface area (Å²) in [5.74, 6) is 2.16. The van der Waals surface area contributed by atoms with Crippen molar-refractivity contribution in [3.05, 3.63) is 100 Å². The first-order valence-electron chi connectivity index (χ1n) is 12.3. The molecule has 0 radical (unpaired) electrons. The van der Waals surface area contributed by atoms with E-state index in [4.69, 9.17) is 14.2 Å². The maximum absolute atomic E-state index is 13.2. The first-order valence-corrected chi connectivity index (χ1v) is 12.3. The normalized spacial score (nSPS) is 10.8. The van der Waals surface area contributed by atoms with Gasteiger partial charge in [0.25, 0.3) is 0 Å². The van der Waals surface area contributed by atoms with Crippen LogP contribution in [0.1, 0.15) is 24.0 Å². The Bertz CT molecular complexity index is 1380. The van der Waals surface area contributed by atoms with Gasteiger partial charge in [0.1, 0.15) is 5.75 Å². The van der Waals surface area contributed by atoms with E-state index in [1.54, 1.807) is 20.3 Å². The van der Waals surface area contributed by atoms with Gasteiger partial charge in [-0.3, -0.25) is 9.59 Å². The molecule has 1 heterocycles. The third-order valence-electron chi connectivity index (χ3n) is 6.19. The molecule has 0 fully saturated rings. The molecule has 0 unspecified atom stereocenters. The second-order valence-corrected chi connectivity index (χ2v) is 8.76. The Kier molecular flexibility index (Phi) is 8.81. The number of pyridine rings is 1. The average molecular weight is 501 g/mol. The van der Waals surface area contributed by atoms with Gasteiger partial charge < -0.3 is 24.1 Å². The van der Waals surface area contributed by atoms with Gasteiger partial charge in [-0.05, 0) is 60.4 Å². The van der Waals surface area contributed by atoms with Gasteiger partial charge in [-0.2, -0.15) is 0 Å². The maximum Gasteiger partial charge on any atom is 0.248 e. The van der Waals surface area contributed by atoms with Crippen LogP contribution < -0.4 is 19.8 Å². The summed E-state index contributed by atoms with van der Waals surface area (Å²) < 4.78 is 16.6. The van der Waals surface area contributed by atoms with Gasteiger partial charge in [-0.1, -0.05) is 36.4 Å². The first kappa shape index (κ1) is 25.8. The molecule has 0 aliphatic heterocycles. The van der Waals surface area contributed by atoms with Crippen LogP contribution in [0.3, 0.4) is 0 Å². The molecule has 1 aromatic heterocycles. The Hall–Kier alpha value is -4.26. The second kappa shape index (κ2) is 12.6. The number of rotatable bonds is 12. The predicted molar refractivity (Wildman–Crippen MR) is 144 cm³/mol. The molecular formula is C30H32N2O5. The lowest BCUT2D eigenvalue weighted by Gasteiger charge is -2.23. The van der Waals surface area contributed by atoms with E-state index in [1.165, 1.54) is 6.07 Å². The van der Waals surface area contributed by atoms with Crippen LogP contribution in [0.15, 0.2) is 83.7 Å². The van der Waals surface area contributed by atoms with Crippen LogP contribution in [-0.2, 0) is 17.8 Å². The number of nitrogens with zero attached hydrogens (tertiary/aromatic N) is 1. The number of benzene rings is 3. The Morgan fingerprint density at radius 3 is 2.46 bits per heavy atom. The van der Waals surface area contributed by atoms with E-state index >= 15 is 0 Å². The molecular weight excluding hydrogens is 468 g/mol. The molecule has 7 heteroatoms. The summed E-state index contributed by atoms with van der Waals surface area (Å²) in [5, 5.41) is 0.900. The summed E-state index contributed by atoms with van der Waals surface area (Å²) >= 11 is 0. The zero-order valence-electron chi connectivity index (χ0n) is 21.2. The van der Waals surface area contributed by atoms with Crippen molar-refractivity contribution in [3.63, 3.8) is 0 Å². The van der Waals surface area contributed by atoms with E-state index in [2.05, 4.69) is 4.98 Å². The number of H-pyrrole nitrogens is 1. The van der Waals surface area contributed by atoms with Crippen molar-refractivity contribution in [1.82, 2.24) is 9.88 Å². The summed E-state index contributed by atoms with van der Waals surface area (Å²) in [6.45, 7) is 1.57. The van der Waals surface area contributed by atoms with Gasteiger partial charge in [0, 0.05) is 36.5 Å². The number of amides is 1. The highest BCUT2D eigenvalue weighted by Crippen LogP contribution is 2.28. The molecule has 1 N–H and O–H groups in total. The molecule has 1 amide bonds. The molecule has 0 spiro atoms. The highest BCUT2D eigenvalue weighted by Gasteiger charge is 2.15. The second-order valence-electron chi connectivity index (χ2n) is 8.76. The lowest BCUT2D eigenvalue weighted by Crippen LogP contribution is -2.32. The van der Waals surface area contributed by atoms with Gasteiger partial charge in [0.05, 0.1) is 20.8 Å². The lowest BCUT2D eigenvalue weighted by molar-refractivity contribution is -0.132. The Morgan fingerprint density at radius 2 is 1.68 bits per heavy atom. The molecule has 4 rings (SSSR count). The van der Waals surface area contributed by atoms with Crippen molar-refractivity contribution >= 4 is 16.8 Å². The largest absolute Gasteiger partial charge is 0.494 e.